The number of hydrogen-bond donors (Lipinski definition) is 2. The zero-order valence-electron chi connectivity index (χ0n) is 8.75. The van der Waals surface area contributed by atoms with E-state index in [0.717, 1.165) is 0 Å². The molecule has 0 aliphatic rings. The molecule has 0 aliphatic carbocycles. The van der Waals surface area contributed by atoms with Crippen molar-refractivity contribution < 1.29 is 17.8 Å². The topological polar surface area (TPSA) is 105 Å². The molecule has 0 spiro atoms. The van der Waals surface area contributed by atoms with E-state index in [2.05, 4.69) is 18.0 Å². The summed E-state index contributed by atoms with van der Waals surface area (Å²) in [4.78, 5) is 32.7. The first kappa shape index (κ1) is 12.5. The van der Waals surface area contributed by atoms with Gasteiger partial charge in [0.15, 0.2) is 34.4 Å². The molecule has 0 fully saturated rings. The van der Waals surface area contributed by atoms with Gasteiger partial charge in [0.1, 0.15) is 5.82 Å². The lowest BCUT2D eigenvalue weighted by Gasteiger charge is -1.94. The van der Waals surface area contributed by atoms with Crippen LogP contribution in [0.15, 0.2) is 24.5 Å². The first-order valence-corrected chi connectivity index (χ1v) is 5.58. The predicted molar refractivity (Wildman–Crippen MR) is 68.2 cm³/mol. The van der Waals surface area contributed by atoms with E-state index in [0.29, 0.717) is 5.56 Å². The standard InChI is InChI=1S/C10H6IN3O4/c11-18-10(17)7-6(9(15)16)13-8(14-7)5-1-3-12-4-2-5/h1-4H,(H,13,14)(H,15,16). The Bertz CT molecular complexity index is 596. The van der Waals surface area contributed by atoms with Crippen molar-refractivity contribution in [2.75, 3.05) is 0 Å². The minimum Gasteiger partial charge on any atom is -0.476 e. The lowest BCUT2D eigenvalue weighted by molar-refractivity contribution is 0.0675. The maximum atomic E-state index is 11.4. The first-order valence-electron chi connectivity index (χ1n) is 4.70. The van der Waals surface area contributed by atoms with Gasteiger partial charge in [-0.2, -0.15) is 0 Å². The monoisotopic (exact) mass is 359 g/mol. The van der Waals surface area contributed by atoms with Crippen molar-refractivity contribution in [3.8, 4) is 11.4 Å². The lowest BCUT2D eigenvalue weighted by Crippen LogP contribution is -2.07. The predicted octanol–water partition coefficient (Wildman–Crippen LogP) is 1.68. The fraction of sp³-hybridized carbons (Fsp3) is 0. The van der Waals surface area contributed by atoms with Gasteiger partial charge in [0.25, 0.3) is 0 Å². The van der Waals surface area contributed by atoms with Crippen LogP contribution in [0.2, 0.25) is 0 Å². The van der Waals surface area contributed by atoms with Crippen LogP contribution in [0, 0.1) is 0 Å². The van der Waals surface area contributed by atoms with Crippen LogP contribution < -0.4 is 0 Å². The number of aromatic nitrogens is 3. The Morgan fingerprint density at radius 2 is 2.00 bits per heavy atom. The van der Waals surface area contributed by atoms with Crippen molar-refractivity contribution in [2.24, 2.45) is 0 Å². The zero-order valence-corrected chi connectivity index (χ0v) is 10.9. The number of aromatic amines is 1. The second kappa shape index (κ2) is 5.12. The molecule has 0 radical (unpaired) electrons. The zero-order chi connectivity index (χ0) is 13.1. The van der Waals surface area contributed by atoms with Gasteiger partial charge < -0.3 is 13.2 Å². The molecular weight excluding hydrogens is 353 g/mol. The van der Waals surface area contributed by atoms with Crippen LogP contribution in [-0.4, -0.2) is 32.0 Å². The summed E-state index contributed by atoms with van der Waals surface area (Å²) in [6.07, 6.45) is 3.07. The van der Waals surface area contributed by atoms with Crippen LogP contribution in [-0.2, 0) is 3.07 Å². The number of rotatable bonds is 3. The summed E-state index contributed by atoms with van der Waals surface area (Å²) in [6, 6.07) is 3.28. The minimum atomic E-state index is -1.30. The molecule has 2 rings (SSSR count). The van der Waals surface area contributed by atoms with Crippen molar-refractivity contribution in [3.63, 3.8) is 0 Å². The van der Waals surface area contributed by atoms with Gasteiger partial charge in [0.2, 0.25) is 0 Å². The van der Waals surface area contributed by atoms with Gasteiger partial charge in [0, 0.05) is 18.0 Å². The van der Waals surface area contributed by atoms with Crippen LogP contribution in [0.3, 0.4) is 0 Å². The molecule has 92 valence electrons. The summed E-state index contributed by atoms with van der Waals surface area (Å²) in [6.45, 7) is 0. The molecule has 2 N–H and O–H groups in total. The van der Waals surface area contributed by atoms with Gasteiger partial charge in [-0.1, -0.05) is 0 Å². The average Bonchev–Trinajstić information content (AvgIpc) is 2.84. The van der Waals surface area contributed by atoms with Gasteiger partial charge in [-0.05, 0) is 12.1 Å². The van der Waals surface area contributed by atoms with Crippen molar-refractivity contribution >= 4 is 34.9 Å². The van der Waals surface area contributed by atoms with Gasteiger partial charge >= 0.3 is 11.9 Å². The summed E-state index contributed by atoms with van der Waals surface area (Å²) in [5, 5.41) is 8.97. The minimum absolute atomic E-state index is 0.191. The smallest absolute Gasteiger partial charge is 0.366 e. The molecule has 2 aromatic rings. The molecule has 0 aromatic carbocycles. The van der Waals surface area contributed by atoms with Crippen LogP contribution in [0.1, 0.15) is 21.0 Å². The van der Waals surface area contributed by atoms with Crippen molar-refractivity contribution in [1.82, 2.24) is 15.0 Å². The third kappa shape index (κ3) is 2.32. The summed E-state index contributed by atoms with van der Waals surface area (Å²) in [7, 11) is 0. The molecular formula is C10H6IN3O4. The highest BCUT2D eigenvalue weighted by Gasteiger charge is 2.23. The molecule has 8 heteroatoms. The van der Waals surface area contributed by atoms with E-state index >= 15 is 0 Å². The molecule has 0 bridgehead atoms. The molecule has 0 aliphatic heterocycles. The van der Waals surface area contributed by atoms with E-state index in [1.807, 2.05) is 0 Å². The molecule has 0 saturated heterocycles. The summed E-state index contributed by atoms with van der Waals surface area (Å²) < 4.78 is 4.46. The largest absolute Gasteiger partial charge is 0.476 e. The molecule has 7 nitrogen and oxygen atoms in total. The number of carbonyl (C=O) groups excluding carboxylic acids is 1. The number of carboxylic acid groups (broad SMARTS) is 1. The number of carbonyl (C=O) groups is 2. The number of aromatic carboxylic acids is 1. The fourth-order valence-electron chi connectivity index (χ4n) is 1.36. The van der Waals surface area contributed by atoms with E-state index in [1.165, 1.54) is 35.4 Å². The Labute approximate surface area is 115 Å². The molecule has 0 amide bonds. The normalized spacial score (nSPS) is 10.1. The maximum Gasteiger partial charge on any atom is 0.366 e. The number of imidazole rings is 1. The molecule has 0 atom stereocenters. The number of hydrogen-bond acceptors (Lipinski definition) is 5. The Hall–Kier alpha value is -1.97. The van der Waals surface area contributed by atoms with E-state index in [4.69, 9.17) is 5.11 Å². The number of nitrogens with zero attached hydrogens (tertiary/aromatic N) is 2. The van der Waals surface area contributed by atoms with E-state index in [1.54, 1.807) is 12.1 Å². The molecule has 0 saturated carbocycles. The fourth-order valence-corrected chi connectivity index (χ4v) is 1.58. The molecule has 2 heterocycles. The van der Waals surface area contributed by atoms with Crippen molar-refractivity contribution in [2.45, 2.75) is 0 Å². The van der Waals surface area contributed by atoms with Crippen LogP contribution in [0.25, 0.3) is 11.4 Å². The second-order valence-electron chi connectivity index (χ2n) is 3.21. The van der Waals surface area contributed by atoms with Gasteiger partial charge in [-0.15, -0.1) is 0 Å². The highest BCUT2D eigenvalue weighted by Crippen LogP contribution is 2.18. The number of pyridine rings is 1. The highest BCUT2D eigenvalue weighted by atomic mass is 127. The summed E-state index contributed by atoms with van der Waals surface area (Å²) in [5.41, 5.74) is 0.0622. The van der Waals surface area contributed by atoms with Crippen LogP contribution in [0.4, 0.5) is 0 Å². The quantitative estimate of drug-likeness (QED) is 0.808. The Morgan fingerprint density at radius 1 is 1.33 bits per heavy atom. The Balaban J connectivity index is 2.53. The highest BCUT2D eigenvalue weighted by molar-refractivity contribution is 14.1. The van der Waals surface area contributed by atoms with Crippen molar-refractivity contribution in [3.05, 3.63) is 35.9 Å². The van der Waals surface area contributed by atoms with Gasteiger partial charge in [-0.25, -0.2) is 14.6 Å². The average molecular weight is 359 g/mol. The van der Waals surface area contributed by atoms with E-state index in [9.17, 15) is 9.59 Å². The number of nitrogens with one attached hydrogen (secondary N) is 1. The Morgan fingerprint density at radius 3 is 2.56 bits per heavy atom. The SMILES string of the molecule is O=C(O)c1nc(-c2ccncc2)[nH]c1C(=O)OI. The number of H-pyrrole nitrogens is 1. The van der Waals surface area contributed by atoms with Crippen molar-refractivity contribution in [1.29, 1.82) is 0 Å². The number of carboxylic acids is 1. The molecule has 18 heavy (non-hydrogen) atoms. The molecule has 2 aromatic heterocycles. The third-order valence-electron chi connectivity index (χ3n) is 2.13. The Kier molecular flexibility index (Phi) is 3.55. The second-order valence-corrected chi connectivity index (χ2v) is 3.66. The molecule has 0 unspecified atom stereocenters. The van der Waals surface area contributed by atoms with E-state index in [-0.39, 0.29) is 17.2 Å². The lowest BCUT2D eigenvalue weighted by atomic mass is 10.2. The van der Waals surface area contributed by atoms with E-state index < -0.39 is 11.9 Å². The summed E-state index contributed by atoms with van der Waals surface area (Å²) >= 11 is 1.38. The first-order chi connectivity index (χ1) is 8.63. The van der Waals surface area contributed by atoms with Gasteiger partial charge in [0.05, 0.1) is 0 Å². The summed E-state index contributed by atoms with van der Waals surface area (Å²) in [5.74, 6) is -1.82. The number of halogens is 1. The third-order valence-corrected chi connectivity index (χ3v) is 2.53. The van der Waals surface area contributed by atoms with Crippen LogP contribution in [0.5, 0.6) is 0 Å². The maximum absolute atomic E-state index is 11.4. The van der Waals surface area contributed by atoms with Gasteiger partial charge in [-0.3, -0.25) is 4.98 Å². The van der Waals surface area contributed by atoms with Crippen LogP contribution >= 0.6 is 23.0 Å².